The van der Waals surface area contributed by atoms with Crippen molar-refractivity contribution in [3.05, 3.63) is 30.0 Å². The van der Waals surface area contributed by atoms with Crippen LogP contribution in [0.4, 0.5) is 11.5 Å². The summed E-state index contributed by atoms with van der Waals surface area (Å²) in [7, 11) is -3.70. The van der Waals surface area contributed by atoms with Gasteiger partial charge in [0.25, 0.3) is 0 Å². The molecule has 2 heterocycles. The Morgan fingerprint density at radius 1 is 1.29 bits per heavy atom. The quantitative estimate of drug-likeness (QED) is 0.857. The maximum Gasteiger partial charge on any atom is 0.245 e. The van der Waals surface area contributed by atoms with Gasteiger partial charge in [-0.15, -0.1) is 0 Å². The Morgan fingerprint density at radius 2 is 2.04 bits per heavy atom. The molecule has 1 aliphatic rings. The topological polar surface area (TPSA) is 111 Å². The summed E-state index contributed by atoms with van der Waals surface area (Å²) in [6, 6.07) is 6.34. The zero-order valence-corrected chi connectivity index (χ0v) is 13.8. The lowest BCUT2D eigenvalue weighted by atomic mass is 10.3. The third-order valence-corrected chi connectivity index (χ3v) is 4.33. The van der Waals surface area contributed by atoms with Crippen LogP contribution in [0.2, 0.25) is 0 Å². The van der Waals surface area contributed by atoms with Crippen LogP contribution in [0.25, 0.3) is 0 Å². The van der Waals surface area contributed by atoms with Gasteiger partial charge < -0.3 is 19.3 Å². The second kappa shape index (κ2) is 6.04. The van der Waals surface area contributed by atoms with Crippen molar-refractivity contribution in [3.63, 3.8) is 0 Å². The lowest BCUT2D eigenvalue weighted by Gasteiger charge is -2.18. The molecule has 10 heteroatoms. The van der Waals surface area contributed by atoms with Gasteiger partial charge >= 0.3 is 0 Å². The molecule has 24 heavy (non-hydrogen) atoms. The minimum absolute atomic E-state index is 0.0517. The minimum atomic E-state index is -3.70. The van der Waals surface area contributed by atoms with E-state index in [1.165, 1.54) is 6.07 Å². The number of anilines is 2. The fourth-order valence-electron chi connectivity index (χ4n) is 2.14. The molecular formula is C14H15N3O6S. The number of hydrogen-bond donors (Lipinski definition) is 1. The van der Waals surface area contributed by atoms with Crippen LogP contribution < -0.4 is 19.1 Å². The van der Waals surface area contributed by atoms with Gasteiger partial charge in [0.1, 0.15) is 12.3 Å². The molecular weight excluding hydrogens is 338 g/mol. The Bertz CT molecular complexity index is 876. The summed E-state index contributed by atoms with van der Waals surface area (Å²) in [5.41, 5.74) is 0.467. The van der Waals surface area contributed by atoms with Gasteiger partial charge in [-0.1, -0.05) is 5.16 Å². The Morgan fingerprint density at radius 3 is 2.71 bits per heavy atom. The Balaban J connectivity index is 1.74. The predicted octanol–water partition coefficient (Wildman–Crippen LogP) is 1.12. The monoisotopic (exact) mass is 353 g/mol. The molecule has 0 fully saturated rings. The second-order valence-electron chi connectivity index (χ2n) is 5.18. The molecule has 2 aromatic rings. The summed E-state index contributed by atoms with van der Waals surface area (Å²) in [6.45, 7) is 1.32. The van der Waals surface area contributed by atoms with Crippen LogP contribution in [0.3, 0.4) is 0 Å². The summed E-state index contributed by atoms with van der Waals surface area (Å²) >= 11 is 0. The molecule has 1 aromatic carbocycles. The van der Waals surface area contributed by atoms with E-state index in [9.17, 15) is 13.2 Å². The summed E-state index contributed by atoms with van der Waals surface area (Å²) in [6.07, 6.45) is 0.991. The zero-order valence-electron chi connectivity index (χ0n) is 13.0. The summed E-state index contributed by atoms with van der Waals surface area (Å²) in [5, 5.41) is 6.26. The molecule has 0 saturated heterocycles. The van der Waals surface area contributed by atoms with E-state index in [4.69, 9.17) is 14.0 Å². The van der Waals surface area contributed by atoms with Gasteiger partial charge in [-0.25, -0.2) is 12.7 Å². The first-order chi connectivity index (χ1) is 11.3. The van der Waals surface area contributed by atoms with E-state index in [0.717, 1.165) is 10.6 Å². The van der Waals surface area contributed by atoms with E-state index in [1.807, 2.05) is 0 Å². The first-order valence-corrected chi connectivity index (χ1v) is 8.78. The first-order valence-electron chi connectivity index (χ1n) is 6.93. The minimum Gasteiger partial charge on any atom is -0.454 e. The number of hydrogen-bond acceptors (Lipinski definition) is 7. The van der Waals surface area contributed by atoms with E-state index >= 15 is 0 Å². The molecule has 0 aliphatic carbocycles. The molecule has 0 atom stereocenters. The number of nitrogens with zero attached hydrogens (tertiary/aromatic N) is 2. The van der Waals surface area contributed by atoms with Crippen LogP contribution in [-0.4, -0.2) is 39.1 Å². The van der Waals surface area contributed by atoms with E-state index in [2.05, 4.69) is 10.5 Å². The van der Waals surface area contributed by atoms with E-state index in [-0.39, 0.29) is 12.6 Å². The lowest BCUT2D eigenvalue weighted by Crippen LogP contribution is -2.37. The normalized spacial score (nSPS) is 12.9. The maximum atomic E-state index is 12.2. The number of carbonyl (C=O) groups is 1. The number of carbonyl (C=O) groups excluding carboxylic acids is 1. The van der Waals surface area contributed by atoms with E-state index in [0.29, 0.717) is 22.9 Å². The van der Waals surface area contributed by atoms with Crippen LogP contribution in [-0.2, 0) is 14.8 Å². The number of fused-ring (bicyclic) bond motifs is 1. The number of rotatable bonds is 5. The molecule has 0 radical (unpaired) electrons. The number of amides is 1. The Labute approximate surface area is 138 Å². The van der Waals surface area contributed by atoms with Crippen LogP contribution in [0.5, 0.6) is 11.5 Å². The number of benzene rings is 1. The Kier molecular flexibility index (Phi) is 4.06. The van der Waals surface area contributed by atoms with E-state index < -0.39 is 22.5 Å². The van der Waals surface area contributed by atoms with Crippen molar-refractivity contribution in [2.24, 2.45) is 0 Å². The lowest BCUT2D eigenvalue weighted by molar-refractivity contribution is -0.114. The van der Waals surface area contributed by atoms with Gasteiger partial charge in [0.15, 0.2) is 17.3 Å². The van der Waals surface area contributed by atoms with Crippen molar-refractivity contribution < 1.29 is 27.2 Å². The van der Waals surface area contributed by atoms with Crippen LogP contribution in [0.15, 0.2) is 28.8 Å². The molecule has 9 nitrogen and oxygen atoms in total. The number of nitrogens with one attached hydrogen (secondary N) is 1. The molecule has 0 saturated carbocycles. The van der Waals surface area contributed by atoms with Crippen LogP contribution in [0, 0.1) is 6.92 Å². The van der Waals surface area contributed by atoms with Crippen molar-refractivity contribution in [2.75, 3.05) is 29.2 Å². The van der Waals surface area contributed by atoms with Gasteiger partial charge in [-0.2, -0.15) is 0 Å². The number of aryl methyl sites for hydroxylation is 1. The fraction of sp³-hybridized carbons (Fsp3) is 0.286. The van der Waals surface area contributed by atoms with Gasteiger partial charge in [-0.05, 0) is 19.1 Å². The van der Waals surface area contributed by atoms with Crippen LogP contribution >= 0.6 is 0 Å². The standard InChI is InChI=1S/C14H15N3O6S/c1-9-5-13(16-23-9)17(24(2,19)20)7-14(18)15-10-3-4-11-12(6-10)22-8-21-11/h3-6H,7-8H2,1-2H3,(H,15,18). The Hall–Kier alpha value is -2.75. The van der Waals surface area contributed by atoms with Crippen molar-refractivity contribution in [3.8, 4) is 11.5 Å². The molecule has 3 rings (SSSR count). The molecule has 128 valence electrons. The van der Waals surface area contributed by atoms with Gasteiger partial charge in [0.2, 0.25) is 22.7 Å². The zero-order chi connectivity index (χ0) is 17.3. The highest BCUT2D eigenvalue weighted by molar-refractivity contribution is 7.92. The predicted molar refractivity (Wildman–Crippen MR) is 84.6 cm³/mol. The number of sulfonamides is 1. The molecule has 0 unspecified atom stereocenters. The molecule has 1 N–H and O–H groups in total. The highest BCUT2D eigenvalue weighted by atomic mass is 32.2. The smallest absolute Gasteiger partial charge is 0.245 e. The van der Waals surface area contributed by atoms with Crippen LogP contribution in [0.1, 0.15) is 5.76 Å². The average molecular weight is 353 g/mol. The summed E-state index contributed by atoms with van der Waals surface area (Å²) in [4.78, 5) is 12.2. The second-order valence-corrected chi connectivity index (χ2v) is 7.09. The summed E-state index contributed by atoms with van der Waals surface area (Å²) in [5.74, 6) is 1.06. The van der Waals surface area contributed by atoms with Crippen molar-refractivity contribution in [1.29, 1.82) is 0 Å². The highest BCUT2D eigenvalue weighted by Crippen LogP contribution is 2.34. The van der Waals surface area contributed by atoms with E-state index in [1.54, 1.807) is 25.1 Å². The molecule has 0 bridgehead atoms. The largest absolute Gasteiger partial charge is 0.454 e. The van der Waals surface area contributed by atoms with Gasteiger partial charge in [0, 0.05) is 17.8 Å². The maximum absolute atomic E-state index is 12.2. The SMILES string of the molecule is Cc1cc(N(CC(=O)Nc2ccc3c(c2)OCO3)S(C)(=O)=O)no1. The summed E-state index contributed by atoms with van der Waals surface area (Å²) < 4.78 is 40.0. The van der Waals surface area contributed by atoms with Crippen molar-refractivity contribution >= 4 is 27.4 Å². The molecule has 1 aliphatic heterocycles. The third kappa shape index (κ3) is 3.43. The molecule has 1 aromatic heterocycles. The van der Waals surface area contributed by atoms with Crippen molar-refractivity contribution in [1.82, 2.24) is 5.16 Å². The van der Waals surface area contributed by atoms with Gasteiger partial charge in [-0.3, -0.25) is 4.79 Å². The highest BCUT2D eigenvalue weighted by Gasteiger charge is 2.24. The third-order valence-electron chi connectivity index (χ3n) is 3.21. The average Bonchev–Trinajstić information content (AvgIpc) is 3.11. The molecule has 0 spiro atoms. The van der Waals surface area contributed by atoms with Gasteiger partial charge in [0.05, 0.1) is 6.26 Å². The van der Waals surface area contributed by atoms with Crippen molar-refractivity contribution in [2.45, 2.75) is 6.92 Å². The number of aromatic nitrogens is 1. The first kappa shape index (κ1) is 16.1. The molecule has 1 amide bonds. The fourth-order valence-corrected chi connectivity index (χ4v) is 2.92. The number of ether oxygens (including phenoxy) is 2.